The number of piperidine rings is 1. The van der Waals surface area contributed by atoms with Crippen molar-refractivity contribution in [2.75, 3.05) is 19.6 Å². The molecule has 1 aromatic heterocycles. The summed E-state index contributed by atoms with van der Waals surface area (Å²) in [5.74, 6) is -0.451. The van der Waals surface area contributed by atoms with Gasteiger partial charge in [-0.3, -0.25) is 4.79 Å². The lowest BCUT2D eigenvalue weighted by Gasteiger charge is -2.32. The number of aromatic amines is 1. The van der Waals surface area contributed by atoms with Gasteiger partial charge in [-0.15, -0.1) is 0 Å². The molecule has 1 saturated heterocycles. The number of nitrogens with zero attached hydrogens (tertiary/aromatic N) is 1. The van der Waals surface area contributed by atoms with E-state index >= 15 is 0 Å². The summed E-state index contributed by atoms with van der Waals surface area (Å²) < 4.78 is 0. The van der Waals surface area contributed by atoms with E-state index in [1.54, 1.807) is 4.90 Å². The number of amides is 2. The molecule has 2 heterocycles. The summed E-state index contributed by atoms with van der Waals surface area (Å²) in [5.41, 5.74) is 3.75. The van der Waals surface area contributed by atoms with Crippen LogP contribution in [0.5, 0.6) is 0 Å². The van der Waals surface area contributed by atoms with Crippen LogP contribution in [0.3, 0.4) is 0 Å². The highest BCUT2D eigenvalue weighted by Crippen LogP contribution is 2.35. The van der Waals surface area contributed by atoms with E-state index < -0.39 is 5.97 Å². The number of likely N-dealkylation sites (tertiary alicyclic amines) is 1. The number of H-pyrrole nitrogens is 1. The van der Waals surface area contributed by atoms with Gasteiger partial charge in [0.05, 0.1) is 6.42 Å². The van der Waals surface area contributed by atoms with Crippen molar-refractivity contribution in [3.05, 3.63) is 35.5 Å². The van der Waals surface area contributed by atoms with E-state index in [4.69, 9.17) is 5.11 Å². The van der Waals surface area contributed by atoms with E-state index in [0.29, 0.717) is 19.0 Å². The van der Waals surface area contributed by atoms with Crippen LogP contribution < -0.4 is 5.32 Å². The number of carbonyl (C=O) groups is 2. The maximum absolute atomic E-state index is 12.1. The number of hydrogen-bond acceptors (Lipinski definition) is 2. The number of nitrogens with one attached hydrogen (secondary N) is 2. The molecule has 0 atom stereocenters. The Hall–Kier alpha value is -2.50. The number of fused-ring (bicyclic) bond motifs is 1. The van der Waals surface area contributed by atoms with E-state index in [1.807, 2.05) is 6.07 Å². The molecule has 3 N–H and O–H groups in total. The SMILES string of the molecule is Cc1[nH]c2ccccc2c1C1CCN(C(=O)NCCC(=O)O)CC1. The molecule has 1 fully saturated rings. The molecule has 3 rings (SSSR count). The Labute approximate surface area is 140 Å². The minimum Gasteiger partial charge on any atom is -0.481 e. The van der Waals surface area contributed by atoms with Gasteiger partial charge in [-0.1, -0.05) is 18.2 Å². The number of para-hydroxylation sites is 1. The first-order valence-electron chi connectivity index (χ1n) is 8.38. The molecule has 0 radical (unpaired) electrons. The number of aromatic nitrogens is 1. The van der Waals surface area contributed by atoms with E-state index in [0.717, 1.165) is 12.8 Å². The second-order valence-electron chi connectivity index (χ2n) is 6.35. The Kier molecular flexibility index (Phi) is 4.74. The summed E-state index contributed by atoms with van der Waals surface area (Å²) in [6.07, 6.45) is 1.81. The maximum Gasteiger partial charge on any atom is 0.317 e. The molecule has 24 heavy (non-hydrogen) atoms. The average molecular weight is 329 g/mol. The van der Waals surface area contributed by atoms with Crippen molar-refractivity contribution in [3.63, 3.8) is 0 Å². The van der Waals surface area contributed by atoms with Crippen molar-refractivity contribution < 1.29 is 14.7 Å². The van der Waals surface area contributed by atoms with Crippen molar-refractivity contribution in [1.82, 2.24) is 15.2 Å². The molecule has 0 saturated carbocycles. The van der Waals surface area contributed by atoms with E-state index in [9.17, 15) is 9.59 Å². The smallest absolute Gasteiger partial charge is 0.317 e. The highest BCUT2D eigenvalue weighted by molar-refractivity contribution is 5.85. The monoisotopic (exact) mass is 329 g/mol. The van der Waals surface area contributed by atoms with Crippen LogP contribution in [0.1, 0.15) is 36.4 Å². The number of carbonyl (C=O) groups excluding carboxylic acids is 1. The topological polar surface area (TPSA) is 85.4 Å². The van der Waals surface area contributed by atoms with Crippen LogP contribution in [-0.4, -0.2) is 46.6 Å². The number of carboxylic acids is 1. The lowest BCUT2D eigenvalue weighted by Crippen LogP contribution is -2.44. The maximum atomic E-state index is 12.1. The number of rotatable bonds is 4. The van der Waals surface area contributed by atoms with Crippen molar-refractivity contribution in [2.45, 2.75) is 32.1 Å². The Morgan fingerprint density at radius 2 is 2.00 bits per heavy atom. The van der Waals surface area contributed by atoms with Gasteiger partial charge in [0, 0.05) is 36.2 Å². The van der Waals surface area contributed by atoms with Crippen LogP contribution in [0.15, 0.2) is 24.3 Å². The fraction of sp³-hybridized carbons (Fsp3) is 0.444. The van der Waals surface area contributed by atoms with Crippen molar-refractivity contribution >= 4 is 22.9 Å². The van der Waals surface area contributed by atoms with Gasteiger partial charge in [-0.05, 0) is 37.3 Å². The lowest BCUT2D eigenvalue weighted by atomic mass is 9.87. The molecule has 1 aliphatic rings. The van der Waals surface area contributed by atoms with Crippen molar-refractivity contribution in [2.24, 2.45) is 0 Å². The predicted octanol–water partition coefficient (Wildman–Crippen LogP) is 2.84. The fourth-order valence-electron chi connectivity index (χ4n) is 3.58. The van der Waals surface area contributed by atoms with Gasteiger partial charge in [0.25, 0.3) is 0 Å². The minimum absolute atomic E-state index is 0.0449. The number of aryl methyl sites for hydroxylation is 1. The van der Waals surface area contributed by atoms with Crippen LogP contribution in [0.4, 0.5) is 4.79 Å². The van der Waals surface area contributed by atoms with Crippen molar-refractivity contribution in [1.29, 1.82) is 0 Å². The van der Waals surface area contributed by atoms with Crippen LogP contribution in [0, 0.1) is 6.92 Å². The van der Waals surface area contributed by atoms with Gasteiger partial charge in [-0.2, -0.15) is 0 Å². The van der Waals surface area contributed by atoms with Crippen molar-refractivity contribution in [3.8, 4) is 0 Å². The third-order valence-electron chi connectivity index (χ3n) is 4.75. The molecule has 0 spiro atoms. The largest absolute Gasteiger partial charge is 0.481 e. The fourth-order valence-corrected chi connectivity index (χ4v) is 3.58. The molecular formula is C18H23N3O3. The third kappa shape index (κ3) is 3.37. The molecule has 128 valence electrons. The molecule has 0 aliphatic carbocycles. The summed E-state index contributed by atoms with van der Waals surface area (Å²) in [6.45, 7) is 3.68. The Morgan fingerprint density at radius 3 is 2.71 bits per heavy atom. The van der Waals surface area contributed by atoms with Crippen LogP contribution in [-0.2, 0) is 4.79 Å². The third-order valence-corrected chi connectivity index (χ3v) is 4.75. The van der Waals surface area contributed by atoms with Crippen LogP contribution in [0.25, 0.3) is 10.9 Å². The molecule has 0 unspecified atom stereocenters. The van der Waals surface area contributed by atoms with Gasteiger partial charge in [0.1, 0.15) is 0 Å². The van der Waals surface area contributed by atoms with Gasteiger partial charge < -0.3 is 20.3 Å². The first kappa shape index (κ1) is 16.4. The Bertz CT molecular complexity index is 745. The number of carboxylic acid groups (broad SMARTS) is 1. The van der Waals surface area contributed by atoms with Gasteiger partial charge in [-0.25, -0.2) is 4.79 Å². The first-order valence-corrected chi connectivity index (χ1v) is 8.38. The lowest BCUT2D eigenvalue weighted by molar-refractivity contribution is -0.136. The molecule has 0 bridgehead atoms. The molecule has 2 aromatic rings. The molecule has 6 heteroatoms. The number of hydrogen-bond donors (Lipinski definition) is 3. The molecule has 6 nitrogen and oxygen atoms in total. The Morgan fingerprint density at radius 1 is 1.29 bits per heavy atom. The molecule has 1 aromatic carbocycles. The van der Waals surface area contributed by atoms with Gasteiger partial charge >= 0.3 is 12.0 Å². The average Bonchev–Trinajstić information content (AvgIpc) is 2.90. The molecule has 1 aliphatic heterocycles. The minimum atomic E-state index is -0.899. The first-order chi connectivity index (χ1) is 11.6. The quantitative estimate of drug-likeness (QED) is 0.806. The highest BCUT2D eigenvalue weighted by Gasteiger charge is 2.26. The second kappa shape index (κ2) is 6.95. The normalized spacial score (nSPS) is 15.6. The zero-order chi connectivity index (χ0) is 17.1. The van der Waals surface area contributed by atoms with E-state index in [-0.39, 0.29) is 19.0 Å². The van der Waals surface area contributed by atoms with Gasteiger partial charge in [0.15, 0.2) is 0 Å². The standard InChI is InChI=1S/C18H23N3O3/c1-12-17(14-4-2-3-5-15(14)20-12)13-7-10-21(11-8-13)18(24)19-9-6-16(22)23/h2-5,13,20H,6-11H2,1H3,(H,19,24)(H,22,23). The highest BCUT2D eigenvalue weighted by atomic mass is 16.4. The summed E-state index contributed by atoms with van der Waals surface area (Å²) in [5, 5.41) is 12.6. The van der Waals surface area contributed by atoms with E-state index in [2.05, 4.69) is 35.4 Å². The zero-order valence-corrected chi connectivity index (χ0v) is 13.8. The summed E-state index contributed by atoms with van der Waals surface area (Å²) in [7, 11) is 0. The number of aliphatic carboxylic acids is 1. The zero-order valence-electron chi connectivity index (χ0n) is 13.8. The summed E-state index contributed by atoms with van der Waals surface area (Å²) >= 11 is 0. The predicted molar refractivity (Wildman–Crippen MR) is 92.2 cm³/mol. The molecule has 2 amide bonds. The van der Waals surface area contributed by atoms with Gasteiger partial charge in [0.2, 0.25) is 0 Å². The molecular weight excluding hydrogens is 306 g/mol. The Balaban J connectivity index is 1.61. The summed E-state index contributed by atoms with van der Waals surface area (Å²) in [6, 6.07) is 8.18. The van der Waals surface area contributed by atoms with Crippen LogP contribution >= 0.6 is 0 Å². The number of urea groups is 1. The van der Waals surface area contributed by atoms with Crippen LogP contribution in [0.2, 0.25) is 0 Å². The number of benzene rings is 1. The summed E-state index contributed by atoms with van der Waals surface area (Å²) in [4.78, 5) is 27.8. The second-order valence-corrected chi connectivity index (χ2v) is 6.35. The van der Waals surface area contributed by atoms with E-state index in [1.165, 1.54) is 22.2 Å².